The highest BCUT2D eigenvalue weighted by molar-refractivity contribution is 7.09. The summed E-state index contributed by atoms with van der Waals surface area (Å²) >= 11 is 1.37. The second-order valence-corrected chi connectivity index (χ2v) is 4.27. The monoisotopic (exact) mass is 228 g/mol. The van der Waals surface area contributed by atoms with Crippen LogP contribution in [-0.2, 0) is 4.74 Å². The Morgan fingerprint density at radius 3 is 3.13 bits per heavy atom. The number of nitrogens with zero attached hydrogens (tertiary/aromatic N) is 2. The minimum atomic E-state index is 0.433. The van der Waals surface area contributed by atoms with Crippen LogP contribution in [-0.4, -0.2) is 41.7 Å². The van der Waals surface area contributed by atoms with E-state index in [2.05, 4.69) is 20.0 Å². The van der Waals surface area contributed by atoms with Gasteiger partial charge in [-0.15, -0.1) is 0 Å². The van der Waals surface area contributed by atoms with Crippen molar-refractivity contribution in [3.8, 4) is 0 Å². The molecule has 0 spiro atoms. The van der Waals surface area contributed by atoms with Crippen molar-refractivity contribution in [3.63, 3.8) is 0 Å². The van der Waals surface area contributed by atoms with Gasteiger partial charge < -0.3 is 15.4 Å². The van der Waals surface area contributed by atoms with E-state index >= 15 is 0 Å². The molecule has 2 N–H and O–H groups in total. The van der Waals surface area contributed by atoms with E-state index in [1.54, 1.807) is 6.33 Å². The van der Waals surface area contributed by atoms with Crippen molar-refractivity contribution < 1.29 is 4.74 Å². The lowest BCUT2D eigenvalue weighted by molar-refractivity contribution is 0.0394. The summed E-state index contributed by atoms with van der Waals surface area (Å²) in [6, 6.07) is 0. The number of ether oxygens (including phenoxy) is 1. The summed E-state index contributed by atoms with van der Waals surface area (Å²) in [5, 5.41) is 7.35. The molecule has 1 aliphatic heterocycles. The number of piperidine rings is 1. The third-order valence-electron chi connectivity index (χ3n) is 2.38. The van der Waals surface area contributed by atoms with E-state index in [1.807, 2.05) is 0 Å². The van der Waals surface area contributed by atoms with Crippen LogP contribution >= 0.6 is 11.5 Å². The van der Waals surface area contributed by atoms with Crippen LogP contribution in [0.1, 0.15) is 12.8 Å². The quantitative estimate of drug-likeness (QED) is 0.727. The van der Waals surface area contributed by atoms with Crippen molar-refractivity contribution >= 4 is 16.7 Å². The topological polar surface area (TPSA) is 59.1 Å². The zero-order chi connectivity index (χ0) is 10.3. The highest BCUT2D eigenvalue weighted by Crippen LogP contribution is 2.08. The van der Waals surface area contributed by atoms with Gasteiger partial charge in [0.05, 0.1) is 12.7 Å². The molecule has 1 aromatic rings. The molecule has 84 valence electrons. The van der Waals surface area contributed by atoms with Gasteiger partial charge in [-0.25, -0.2) is 4.98 Å². The molecule has 1 saturated heterocycles. The van der Waals surface area contributed by atoms with Crippen LogP contribution < -0.4 is 10.6 Å². The molecule has 2 heterocycles. The minimum absolute atomic E-state index is 0.433. The molecule has 0 unspecified atom stereocenters. The van der Waals surface area contributed by atoms with E-state index in [9.17, 15) is 0 Å². The molecule has 5 nitrogen and oxygen atoms in total. The number of aromatic nitrogens is 2. The summed E-state index contributed by atoms with van der Waals surface area (Å²) in [5.74, 6) is 0. The summed E-state index contributed by atoms with van der Waals surface area (Å²) < 4.78 is 9.64. The van der Waals surface area contributed by atoms with Crippen molar-refractivity contribution in [1.29, 1.82) is 0 Å². The van der Waals surface area contributed by atoms with Gasteiger partial charge in [-0.2, -0.15) is 4.37 Å². The first kappa shape index (κ1) is 10.8. The molecule has 0 atom stereocenters. The van der Waals surface area contributed by atoms with Crippen molar-refractivity contribution in [2.24, 2.45) is 0 Å². The summed E-state index contributed by atoms with van der Waals surface area (Å²) in [6.45, 7) is 3.70. The van der Waals surface area contributed by atoms with E-state index in [-0.39, 0.29) is 0 Å². The van der Waals surface area contributed by atoms with Gasteiger partial charge in [-0.3, -0.25) is 0 Å². The van der Waals surface area contributed by atoms with Crippen LogP contribution in [0.2, 0.25) is 0 Å². The van der Waals surface area contributed by atoms with Crippen LogP contribution in [0, 0.1) is 0 Å². The van der Waals surface area contributed by atoms with Gasteiger partial charge in [0.15, 0.2) is 0 Å². The van der Waals surface area contributed by atoms with Crippen LogP contribution in [0.15, 0.2) is 6.33 Å². The molecule has 15 heavy (non-hydrogen) atoms. The van der Waals surface area contributed by atoms with Crippen molar-refractivity contribution in [1.82, 2.24) is 14.7 Å². The molecule has 0 saturated carbocycles. The Balaban J connectivity index is 1.54. The van der Waals surface area contributed by atoms with Gasteiger partial charge in [0.1, 0.15) is 6.33 Å². The van der Waals surface area contributed by atoms with Gasteiger partial charge in [-0.1, -0.05) is 0 Å². The summed E-state index contributed by atoms with van der Waals surface area (Å²) in [5.41, 5.74) is 0. The minimum Gasteiger partial charge on any atom is -0.376 e. The van der Waals surface area contributed by atoms with Crippen LogP contribution in [0.25, 0.3) is 0 Å². The van der Waals surface area contributed by atoms with E-state index in [4.69, 9.17) is 4.74 Å². The third-order valence-corrected chi connectivity index (χ3v) is 3.00. The fraction of sp³-hybridized carbons (Fsp3) is 0.778. The van der Waals surface area contributed by atoms with E-state index in [0.717, 1.165) is 44.2 Å². The van der Waals surface area contributed by atoms with Gasteiger partial charge >= 0.3 is 0 Å². The maximum absolute atomic E-state index is 5.74. The van der Waals surface area contributed by atoms with Crippen LogP contribution in [0.5, 0.6) is 0 Å². The SMILES string of the molecule is c1nsc(NCCOC2CCNCC2)n1. The predicted molar refractivity (Wildman–Crippen MR) is 60.2 cm³/mol. The molecule has 0 radical (unpaired) electrons. The average molecular weight is 228 g/mol. The fourth-order valence-electron chi connectivity index (χ4n) is 1.60. The first-order valence-corrected chi connectivity index (χ1v) is 6.05. The van der Waals surface area contributed by atoms with E-state index < -0.39 is 0 Å². The molecule has 1 aromatic heterocycles. The predicted octanol–water partition coefficient (Wildman–Crippen LogP) is 0.719. The first-order chi connectivity index (χ1) is 7.45. The lowest BCUT2D eigenvalue weighted by Gasteiger charge is -2.22. The summed E-state index contributed by atoms with van der Waals surface area (Å²) in [4.78, 5) is 4.03. The zero-order valence-corrected chi connectivity index (χ0v) is 9.42. The number of rotatable bonds is 5. The molecule has 1 fully saturated rings. The highest BCUT2D eigenvalue weighted by Gasteiger charge is 2.12. The van der Waals surface area contributed by atoms with Gasteiger partial charge in [-0.05, 0) is 25.9 Å². The van der Waals surface area contributed by atoms with Gasteiger partial charge in [0.25, 0.3) is 0 Å². The molecule has 2 rings (SSSR count). The number of hydrogen-bond acceptors (Lipinski definition) is 6. The van der Waals surface area contributed by atoms with Crippen LogP contribution in [0.4, 0.5) is 5.13 Å². The summed E-state index contributed by atoms with van der Waals surface area (Å²) in [6.07, 6.45) is 4.24. The molecule has 0 aliphatic carbocycles. The molecule has 0 amide bonds. The van der Waals surface area contributed by atoms with Crippen LogP contribution in [0.3, 0.4) is 0 Å². The normalized spacial score (nSPS) is 17.9. The number of nitrogens with one attached hydrogen (secondary N) is 2. The maximum atomic E-state index is 5.74. The fourth-order valence-corrected chi connectivity index (χ4v) is 2.05. The zero-order valence-electron chi connectivity index (χ0n) is 8.61. The first-order valence-electron chi connectivity index (χ1n) is 5.28. The van der Waals surface area contributed by atoms with Crippen molar-refractivity contribution in [3.05, 3.63) is 6.33 Å². The van der Waals surface area contributed by atoms with Gasteiger partial charge in [0, 0.05) is 18.1 Å². The Bertz CT molecular complexity index is 261. The molecule has 6 heteroatoms. The third kappa shape index (κ3) is 3.73. The second-order valence-electron chi connectivity index (χ2n) is 3.49. The highest BCUT2D eigenvalue weighted by atomic mass is 32.1. The Morgan fingerprint density at radius 2 is 2.40 bits per heavy atom. The number of anilines is 1. The molecule has 0 aromatic carbocycles. The molecular weight excluding hydrogens is 212 g/mol. The Morgan fingerprint density at radius 1 is 1.53 bits per heavy atom. The average Bonchev–Trinajstić information content (AvgIpc) is 2.79. The standard InChI is InChI=1S/C9H16N4OS/c1-3-10-4-2-8(1)14-6-5-11-9-12-7-13-15-9/h7-8,10H,1-6H2,(H,11,12,13). The summed E-state index contributed by atoms with van der Waals surface area (Å²) in [7, 11) is 0. The maximum Gasteiger partial charge on any atom is 0.202 e. The Kier molecular flexibility index (Phi) is 4.31. The van der Waals surface area contributed by atoms with Crippen molar-refractivity contribution in [2.45, 2.75) is 18.9 Å². The van der Waals surface area contributed by atoms with Gasteiger partial charge in [0.2, 0.25) is 5.13 Å². The largest absolute Gasteiger partial charge is 0.376 e. The molecule has 1 aliphatic rings. The van der Waals surface area contributed by atoms with E-state index in [0.29, 0.717) is 6.10 Å². The Hall–Kier alpha value is -0.720. The van der Waals surface area contributed by atoms with E-state index in [1.165, 1.54) is 11.5 Å². The molecular formula is C9H16N4OS. The molecule has 0 bridgehead atoms. The Labute approximate surface area is 93.4 Å². The van der Waals surface area contributed by atoms with Crippen molar-refractivity contribution in [2.75, 3.05) is 31.6 Å². The smallest absolute Gasteiger partial charge is 0.202 e. The lowest BCUT2D eigenvalue weighted by atomic mass is 10.1. The lowest BCUT2D eigenvalue weighted by Crippen LogP contribution is -2.33. The number of hydrogen-bond donors (Lipinski definition) is 2. The second kappa shape index (κ2) is 5.99.